The summed E-state index contributed by atoms with van der Waals surface area (Å²) in [4.78, 5) is 4.21. The van der Waals surface area contributed by atoms with E-state index in [4.69, 9.17) is 16.0 Å². The molecule has 0 spiro atoms. The smallest absolute Gasteiger partial charge is 0.198 e. The number of fused-ring (bicyclic) bond motifs is 1. The largest absolute Gasteiger partial charge is 0.453 e. The number of aromatic nitrogens is 1. The van der Waals surface area contributed by atoms with Crippen molar-refractivity contribution < 1.29 is 4.42 Å². The Morgan fingerprint density at radius 1 is 1.21 bits per heavy atom. The molecule has 96 valence electrons. The summed E-state index contributed by atoms with van der Waals surface area (Å²) in [7, 11) is 1.91. The van der Waals surface area contributed by atoms with Crippen LogP contribution in [0.5, 0.6) is 0 Å². The predicted molar refractivity (Wildman–Crippen MR) is 76.4 cm³/mol. The Hall–Kier alpha value is -1.84. The van der Waals surface area contributed by atoms with Crippen LogP contribution in [0.1, 0.15) is 17.2 Å². The number of nitrogens with zero attached hydrogens (tertiary/aromatic N) is 1. The number of furan rings is 1. The molecule has 0 fully saturated rings. The van der Waals surface area contributed by atoms with Crippen LogP contribution < -0.4 is 5.32 Å². The topological polar surface area (TPSA) is 38.1 Å². The molecule has 3 aromatic rings. The van der Waals surface area contributed by atoms with Crippen LogP contribution in [0.4, 0.5) is 0 Å². The van der Waals surface area contributed by atoms with Crippen molar-refractivity contribution in [1.82, 2.24) is 10.3 Å². The molecule has 2 heterocycles. The van der Waals surface area contributed by atoms with E-state index < -0.39 is 0 Å². The van der Waals surface area contributed by atoms with E-state index in [2.05, 4.69) is 22.4 Å². The minimum absolute atomic E-state index is 0.0147. The van der Waals surface area contributed by atoms with Gasteiger partial charge < -0.3 is 9.73 Å². The molecule has 0 saturated carbocycles. The molecule has 1 aromatic carbocycles. The molecule has 4 heteroatoms. The minimum Gasteiger partial charge on any atom is -0.453 e. The van der Waals surface area contributed by atoms with E-state index in [1.807, 2.05) is 31.4 Å². The van der Waals surface area contributed by atoms with Gasteiger partial charge in [0.2, 0.25) is 0 Å². The molecule has 19 heavy (non-hydrogen) atoms. The Morgan fingerprint density at radius 3 is 2.84 bits per heavy atom. The predicted octanol–water partition coefficient (Wildman–Crippen LogP) is 3.79. The molecule has 0 amide bonds. The zero-order valence-corrected chi connectivity index (χ0v) is 11.2. The maximum Gasteiger partial charge on any atom is 0.198 e. The van der Waals surface area contributed by atoms with Gasteiger partial charge in [-0.25, -0.2) is 0 Å². The molecule has 1 unspecified atom stereocenters. The minimum atomic E-state index is -0.0147. The first-order chi connectivity index (χ1) is 9.31. The monoisotopic (exact) mass is 272 g/mol. The Morgan fingerprint density at radius 2 is 2.11 bits per heavy atom. The van der Waals surface area contributed by atoms with Crippen LogP contribution in [-0.2, 0) is 0 Å². The molecule has 3 rings (SSSR count). The summed E-state index contributed by atoms with van der Waals surface area (Å²) in [6, 6.07) is 10.1. The van der Waals surface area contributed by atoms with Gasteiger partial charge in [0.1, 0.15) is 0 Å². The van der Waals surface area contributed by atoms with Crippen molar-refractivity contribution in [3.63, 3.8) is 0 Å². The van der Waals surface area contributed by atoms with Crippen LogP contribution in [0.2, 0.25) is 5.22 Å². The van der Waals surface area contributed by atoms with Gasteiger partial charge in [-0.15, -0.1) is 0 Å². The van der Waals surface area contributed by atoms with Crippen molar-refractivity contribution >= 4 is 22.4 Å². The third kappa shape index (κ3) is 2.11. The molecule has 0 aliphatic carbocycles. The Kier molecular flexibility index (Phi) is 3.23. The third-order valence-electron chi connectivity index (χ3n) is 3.27. The summed E-state index contributed by atoms with van der Waals surface area (Å²) >= 11 is 6.09. The second-order valence-electron chi connectivity index (χ2n) is 4.32. The van der Waals surface area contributed by atoms with E-state index in [9.17, 15) is 0 Å². The molecular weight excluding hydrogens is 260 g/mol. The van der Waals surface area contributed by atoms with Gasteiger partial charge in [0, 0.05) is 23.3 Å². The molecule has 0 aliphatic heterocycles. The van der Waals surface area contributed by atoms with Gasteiger partial charge in [0.15, 0.2) is 5.22 Å². The van der Waals surface area contributed by atoms with Gasteiger partial charge >= 0.3 is 0 Å². The standard InChI is InChI=1S/C15H13ClN2O/c1-17-14(12-6-8-19-15(12)16)11-4-2-3-10-5-7-18-9-13(10)11/h2-9,14,17H,1H3. The van der Waals surface area contributed by atoms with E-state index in [0.717, 1.165) is 21.9 Å². The fraction of sp³-hybridized carbons (Fsp3) is 0.133. The van der Waals surface area contributed by atoms with E-state index in [1.165, 1.54) is 0 Å². The molecule has 0 bridgehead atoms. The summed E-state index contributed by atoms with van der Waals surface area (Å²) in [5, 5.41) is 5.97. The second kappa shape index (κ2) is 5.03. The maximum atomic E-state index is 6.09. The summed E-state index contributed by atoms with van der Waals surface area (Å²) in [6.45, 7) is 0. The maximum absolute atomic E-state index is 6.09. The van der Waals surface area contributed by atoms with E-state index in [0.29, 0.717) is 5.22 Å². The first-order valence-electron chi connectivity index (χ1n) is 6.04. The Balaban J connectivity index is 2.20. The molecule has 0 saturated heterocycles. The van der Waals surface area contributed by atoms with E-state index in [1.54, 1.807) is 12.5 Å². The first kappa shape index (κ1) is 12.2. The van der Waals surface area contributed by atoms with Crippen molar-refractivity contribution in [3.8, 4) is 0 Å². The SMILES string of the molecule is CNC(c1ccoc1Cl)c1cccc2ccncc12. The van der Waals surface area contributed by atoms with Crippen LogP contribution >= 0.6 is 11.6 Å². The van der Waals surface area contributed by atoms with Crippen molar-refractivity contribution in [2.24, 2.45) is 0 Å². The summed E-state index contributed by atoms with van der Waals surface area (Å²) in [6.07, 6.45) is 5.28. The lowest BCUT2D eigenvalue weighted by Gasteiger charge is -2.17. The third-order valence-corrected chi connectivity index (χ3v) is 3.58. The highest BCUT2D eigenvalue weighted by molar-refractivity contribution is 6.29. The summed E-state index contributed by atoms with van der Waals surface area (Å²) < 4.78 is 5.19. The average Bonchev–Trinajstić information content (AvgIpc) is 2.86. The van der Waals surface area contributed by atoms with Crippen LogP contribution in [0.3, 0.4) is 0 Å². The Bertz CT molecular complexity index is 703. The fourth-order valence-electron chi connectivity index (χ4n) is 2.38. The molecule has 3 nitrogen and oxygen atoms in total. The van der Waals surface area contributed by atoms with Gasteiger partial charge in [0.05, 0.1) is 12.3 Å². The number of halogens is 1. The van der Waals surface area contributed by atoms with Crippen LogP contribution in [0, 0.1) is 0 Å². The van der Waals surface area contributed by atoms with Crippen LogP contribution in [-0.4, -0.2) is 12.0 Å². The highest BCUT2D eigenvalue weighted by atomic mass is 35.5. The summed E-state index contributed by atoms with van der Waals surface area (Å²) in [5.74, 6) is 0. The van der Waals surface area contributed by atoms with Gasteiger partial charge in [-0.2, -0.15) is 0 Å². The van der Waals surface area contributed by atoms with Crippen molar-refractivity contribution in [2.75, 3.05) is 7.05 Å². The van der Waals surface area contributed by atoms with Gasteiger partial charge in [-0.05, 0) is 41.7 Å². The number of hydrogen-bond acceptors (Lipinski definition) is 3. The number of benzene rings is 1. The van der Waals surface area contributed by atoms with E-state index in [-0.39, 0.29) is 6.04 Å². The lowest BCUT2D eigenvalue weighted by Crippen LogP contribution is -2.17. The Labute approximate surface area is 116 Å². The summed E-state index contributed by atoms with van der Waals surface area (Å²) in [5.41, 5.74) is 2.07. The number of rotatable bonds is 3. The highest BCUT2D eigenvalue weighted by Crippen LogP contribution is 2.32. The van der Waals surface area contributed by atoms with Gasteiger partial charge in [-0.3, -0.25) is 4.98 Å². The van der Waals surface area contributed by atoms with Crippen molar-refractivity contribution in [3.05, 3.63) is 65.3 Å². The van der Waals surface area contributed by atoms with Crippen LogP contribution in [0.15, 0.2) is 53.4 Å². The quantitative estimate of drug-likeness (QED) is 0.788. The molecule has 0 radical (unpaired) electrons. The normalized spacial score (nSPS) is 12.7. The van der Waals surface area contributed by atoms with Crippen LogP contribution in [0.25, 0.3) is 10.8 Å². The zero-order chi connectivity index (χ0) is 13.2. The lowest BCUT2D eigenvalue weighted by atomic mass is 9.96. The molecule has 0 aliphatic rings. The zero-order valence-electron chi connectivity index (χ0n) is 10.4. The van der Waals surface area contributed by atoms with Crippen molar-refractivity contribution in [1.29, 1.82) is 0 Å². The van der Waals surface area contributed by atoms with Gasteiger partial charge in [0.25, 0.3) is 0 Å². The average molecular weight is 273 g/mol. The first-order valence-corrected chi connectivity index (χ1v) is 6.42. The molecular formula is C15H13ClN2O. The molecule has 1 N–H and O–H groups in total. The number of hydrogen-bond donors (Lipinski definition) is 1. The molecule has 1 atom stereocenters. The fourth-order valence-corrected chi connectivity index (χ4v) is 2.60. The highest BCUT2D eigenvalue weighted by Gasteiger charge is 2.19. The van der Waals surface area contributed by atoms with Crippen molar-refractivity contribution in [2.45, 2.75) is 6.04 Å². The lowest BCUT2D eigenvalue weighted by molar-refractivity contribution is 0.560. The second-order valence-corrected chi connectivity index (χ2v) is 4.66. The number of pyridine rings is 1. The van der Waals surface area contributed by atoms with Gasteiger partial charge in [-0.1, -0.05) is 18.2 Å². The number of nitrogens with one attached hydrogen (secondary N) is 1. The van der Waals surface area contributed by atoms with E-state index >= 15 is 0 Å². The molecule has 2 aromatic heterocycles.